The Bertz CT molecular complexity index is 639. The second kappa shape index (κ2) is 7.93. The van der Waals surface area contributed by atoms with Gasteiger partial charge >= 0.3 is 6.03 Å². The smallest absolute Gasteiger partial charge is 0.317 e. The zero-order valence-electron chi connectivity index (χ0n) is 14.1. The van der Waals surface area contributed by atoms with Crippen LogP contribution in [0, 0.1) is 0 Å². The average Bonchev–Trinajstić information content (AvgIpc) is 2.64. The van der Waals surface area contributed by atoms with Gasteiger partial charge in [-0.1, -0.05) is 36.4 Å². The lowest BCUT2D eigenvalue weighted by Crippen LogP contribution is -2.51. The number of aromatic nitrogens is 1. The molecule has 2 heterocycles. The monoisotopic (exact) mass is 324 g/mol. The van der Waals surface area contributed by atoms with E-state index in [2.05, 4.69) is 21.3 Å². The number of urea groups is 1. The van der Waals surface area contributed by atoms with Crippen LogP contribution in [0.4, 0.5) is 4.79 Å². The van der Waals surface area contributed by atoms with Gasteiger partial charge in [0.25, 0.3) is 0 Å². The van der Waals surface area contributed by atoms with Gasteiger partial charge in [-0.3, -0.25) is 9.88 Å². The van der Waals surface area contributed by atoms with Crippen molar-refractivity contribution in [2.75, 3.05) is 26.2 Å². The molecule has 0 spiro atoms. The van der Waals surface area contributed by atoms with Crippen LogP contribution in [0.15, 0.2) is 54.9 Å². The summed E-state index contributed by atoms with van der Waals surface area (Å²) >= 11 is 0. The molecule has 0 bridgehead atoms. The van der Waals surface area contributed by atoms with E-state index in [4.69, 9.17) is 0 Å². The van der Waals surface area contributed by atoms with E-state index in [0.717, 1.165) is 38.3 Å². The number of amides is 2. The molecule has 126 valence electrons. The van der Waals surface area contributed by atoms with Gasteiger partial charge in [0.1, 0.15) is 0 Å². The molecule has 1 unspecified atom stereocenters. The Balaban J connectivity index is 1.47. The molecule has 5 nitrogen and oxygen atoms in total. The SMILES string of the molecule is CC(NC(=O)N1CCN(Cc2cccnc2)CC1)c1ccccc1. The fourth-order valence-electron chi connectivity index (χ4n) is 2.96. The van der Waals surface area contributed by atoms with Crippen LogP contribution in [0.25, 0.3) is 0 Å². The molecule has 0 aliphatic carbocycles. The summed E-state index contributed by atoms with van der Waals surface area (Å²) in [5.41, 5.74) is 2.34. The Morgan fingerprint density at radius 2 is 1.88 bits per heavy atom. The molecule has 1 atom stereocenters. The number of benzene rings is 1. The predicted octanol–water partition coefficient (Wildman–Crippen LogP) is 2.67. The maximum Gasteiger partial charge on any atom is 0.317 e. The van der Waals surface area contributed by atoms with Crippen molar-refractivity contribution in [1.82, 2.24) is 20.1 Å². The summed E-state index contributed by atoms with van der Waals surface area (Å²) in [6.45, 7) is 6.21. The third-order valence-corrected chi connectivity index (χ3v) is 4.43. The van der Waals surface area contributed by atoms with Crippen molar-refractivity contribution in [2.45, 2.75) is 19.5 Å². The lowest BCUT2D eigenvalue weighted by atomic mass is 10.1. The van der Waals surface area contributed by atoms with Gasteiger partial charge in [0, 0.05) is 45.1 Å². The lowest BCUT2D eigenvalue weighted by molar-refractivity contribution is 0.133. The Labute approximate surface area is 143 Å². The highest BCUT2D eigenvalue weighted by Gasteiger charge is 2.22. The predicted molar refractivity (Wildman–Crippen MR) is 94.5 cm³/mol. The van der Waals surface area contributed by atoms with Crippen molar-refractivity contribution in [3.8, 4) is 0 Å². The fraction of sp³-hybridized carbons (Fsp3) is 0.368. The van der Waals surface area contributed by atoms with Crippen molar-refractivity contribution in [1.29, 1.82) is 0 Å². The standard InChI is InChI=1S/C19H24N4O/c1-16(18-7-3-2-4-8-18)21-19(24)23-12-10-22(11-13-23)15-17-6-5-9-20-14-17/h2-9,14,16H,10-13,15H2,1H3,(H,21,24). The largest absolute Gasteiger partial charge is 0.331 e. The van der Waals surface area contributed by atoms with Crippen molar-refractivity contribution >= 4 is 6.03 Å². The highest BCUT2D eigenvalue weighted by molar-refractivity contribution is 5.74. The Hall–Kier alpha value is -2.40. The fourth-order valence-corrected chi connectivity index (χ4v) is 2.96. The van der Waals surface area contributed by atoms with Crippen LogP contribution in [0.1, 0.15) is 24.1 Å². The second-order valence-corrected chi connectivity index (χ2v) is 6.21. The maximum absolute atomic E-state index is 12.4. The van der Waals surface area contributed by atoms with E-state index in [0.29, 0.717) is 0 Å². The van der Waals surface area contributed by atoms with Gasteiger partial charge in [0.05, 0.1) is 6.04 Å². The number of hydrogen-bond donors (Lipinski definition) is 1. The van der Waals surface area contributed by atoms with E-state index in [1.165, 1.54) is 5.56 Å². The van der Waals surface area contributed by atoms with E-state index in [1.54, 1.807) is 6.20 Å². The van der Waals surface area contributed by atoms with Gasteiger partial charge in [-0.25, -0.2) is 4.79 Å². The van der Waals surface area contributed by atoms with Crippen molar-refractivity contribution in [2.24, 2.45) is 0 Å². The second-order valence-electron chi connectivity index (χ2n) is 6.21. The minimum atomic E-state index is 0.0205. The molecule has 5 heteroatoms. The van der Waals surface area contributed by atoms with Gasteiger partial charge in [0.15, 0.2) is 0 Å². The molecule has 0 saturated carbocycles. The number of carbonyl (C=O) groups is 1. The minimum absolute atomic E-state index is 0.0205. The number of pyridine rings is 1. The van der Waals surface area contributed by atoms with Crippen LogP contribution < -0.4 is 5.32 Å². The minimum Gasteiger partial charge on any atom is -0.331 e. The number of piperazine rings is 1. The van der Waals surface area contributed by atoms with Crippen LogP contribution in [0.5, 0.6) is 0 Å². The molecule has 0 radical (unpaired) electrons. The van der Waals surface area contributed by atoms with E-state index >= 15 is 0 Å². The molecule has 2 aromatic rings. The molecule has 1 aliphatic heterocycles. The summed E-state index contributed by atoms with van der Waals surface area (Å²) in [4.78, 5) is 20.9. The van der Waals surface area contributed by atoms with Gasteiger partial charge in [-0.15, -0.1) is 0 Å². The molecule has 1 aromatic heterocycles. The van der Waals surface area contributed by atoms with Gasteiger partial charge < -0.3 is 10.2 Å². The summed E-state index contributed by atoms with van der Waals surface area (Å²) in [7, 11) is 0. The first-order chi connectivity index (χ1) is 11.7. The van der Waals surface area contributed by atoms with E-state index in [1.807, 2.05) is 54.4 Å². The third kappa shape index (κ3) is 4.32. The molecule has 2 amide bonds. The summed E-state index contributed by atoms with van der Waals surface area (Å²) in [5.74, 6) is 0. The topological polar surface area (TPSA) is 48.5 Å². The summed E-state index contributed by atoms with van der Waals surface area (Å²) in [5, 5.41) is 3.09. The molecule has 1 saturated heterocycles. The zero-order chi connectivity index (χ0) is 16.8. The molecule has 1 N–H and O–H groups in total. The van der Waals surface area contributed by atoms with Crippen LogP contribution in [0.2, 0.25) is 0 Å². The summed E-state index contributed by atoms with van der Waals surface area (Å²) in [6.07, 6.45) is 3.69. The highest BCUT2D eigenvalue weighted by Crippen LogP contribution is 2.13. The van der Waals surface area contributed by atoms with E-state index < -0.39 is 0 Å². The first-order valence-electron chi connectivity index (χ1n) is 8.44. The van der Waals surface area contributed by atoms with Crippen molar-refractivity contribution in [3.63, 3.8) is 0 Å². The van der Waals surface area contributed by atoms with Crippen molar-refractivity contribution < 1.29 is 4.79 Å². The number of rotatable bonds is 4. The van der Waals surface area contributed by atoms with Gasteiger partial charge in [-0.05, 0) is 24.1 Å². The summed E-state index contributed by atoms with van der Waals surface area (Å²) in [6, 6.07) is 14.1. The maximum atomic E-state index is 12.4. The van der Waals surface area contributed by atoms with Crippen LogP contribution >= 0.6 is 0 Å². The third-order valence-electron chi connectivity index (χ3n) is 4.43. The van der Waals surface area contributed by atoms with Crippen LogP contribution in [0.3, 0.4) is 0 Å². The zero-order valence-corrected chi connectivity index (χ0v) is 14.1. The highest BCUT2D eigenvalue weighted by atomic mass is 16.2. The van der Waals surface area contributed by atoms with Gasteiger partial charge in [-0.2, -0.15) is 0 Å². The molecule has 1 aromatic carbocycles. The molecule has 1 fully saturated rings. The molecular weight excluding hydrogens is 300 g/mol. The van der Waals surface area contributed by atoms with E-state index in [9.17, 15) is 4.79 Å². The van der Waals surface area contributed by atoms with Crippen LogP contribution in [-0.2, 0) is 6.54 Å². The average molecular weight is 324 g/mol. The molecule has 24 heavy (non-hydrogen) atoms. The Morgan fingerprint density at radius 3 is 2.54 bits per heavy atom. The first-order valence-corrected chi connectivity index (χ1v) is 8.44. The number of nitrogens with one attached hydrogen (secondary N) is 1. The van der Waals surface area contributed by atoms with E-state index in [-0.39, 0.29) is 12.1 Å². The quantitative estimate of drug-likeness (QED) is 0.940. The Morgan fingerprint density at radius 1 is 1.12 bits per heavy atom. The van der Waals surface area contributed by atoms with Gasteiger partial charge in [0.2, 0.25) is 0 Å². The molecule has 1 aliphatic rings. The lowest BCUT2D eigenvalue weighted by Gasteiger charge is -2.35. The first kappa shape index (κ1) is 16.5. The van der Waals surface area contributed by atoms with Crippen LogP contribution in [-0.4, -0.2) is 47.0 Å². The summed E-state index contributed by atoms with van der Waals surface area (Å²) < 4.78 is 0. The Kier molecular flexibility index (Phi) is 5.43. The normalized spacial score (nSPS) is 16.6. The number of nitrogens with zero attached hydrogens (tertiary/aromatic N) is 3. The van der Waals surface area contributed by atoms with Crippen molar-refractivity contribution in [3.05, 3.63) is 66.0 Å². The number of carbonyl (C=O) groups excluding carboxylic acids is 1. The molecular formula is C19H24N4O. The molecule has 3 rings (SSSR count). The number of hydrogen-bond acceptors (Lipinski definition) is 3.